The molecule has 0 aliphatic heterocycles. The molecule has 0 saturated carbocycles. The average molecular weight is 331 g/mol. The topological polar surface area (TPSA) is 58.2 Å². The van der Waals surface area contributed by atoms with Crippen LogP contribution >= 0.6 is 11.6 Å². The van der Waals surface area contributed by atoms with Crippen LogP contribution in [0.25, 0.3) is 0 Å². The van der Waals surface area contributed by atoms with Crippen molar-refractivity contribution in [1.29, 1.82) is 0 Å². The van der Waals surface area contributed by atoms with Crippen LogP contribution < -0.4 is 10.6 Å². The third-order valence-corrected chi connectivity index (χ3v) is 3.83. The van der Waals surface area contributed by atoms with E-state index in [9.17, 15) is 9.59 Å². The van der Waals surface area contributed by atoms with Gasteiger partial charge in [-0.3, -0.25) is 9.59 Å². The van der Waals surface area contributed by atoms with E-state index in [1.807, 2.05) is 43.3 Å². The molecule has 23 heavy (non-hydrogen) atoms. The maximum absolute atomic E-state index is 12.3. The Morgan fingerprint density at radius 3 is 2.43 bits per heavy atom. The Balaban J connectivity index is 2.08. The number of anilines is 1. The van der Waals surface area contributed by atoms with E-state index >= 15 is 0 Å². The lowest BCUT2D eigenvalue weighted by atomic mass is 10.0. The molecule has 2 aromatic carbocycles. The van der Waals surface area contributed by atoms with Crippen molar-refractivity contribution in [2.24, 2.45) is 0 Å². The number of hydrogen-bond donors (Lipinski definition) is 2. The van der Waals surface area contributed by atoms with Gasteiger partial charge in [0.15, 0.2) is 0 Å². The van der Waals surface area contributed by atoms with Crippen molar-refractivity contribution in [3.63, 3.8) is 0 Å². The summed E-state index contributed by atoms with van der Waals surface area (Å²) < 4.78 is 0. The smallest absolute Gasteiger partial charge is 0.226 e. The molecule has 2 amide bonds. The Bertz CT molecular complexity index is 701. The van der Waals surface area contributed by atoms with Crippen molar-refractivity contribution in [3.05, 3.63) is 64.7 Å². The molecule has 0 aromatic heterocycles. The average Bonchev–Trinajstić information content (AvgIpc) is 2.51. The standard InChI is InChI=1S/C18H19ClN2O2/c1-12-8-9-15(10-16(12)19)21-18(23)11-17(20-13(2)22)14-6-4-3-5-7-14/h3-10,17H,11H2,1-2H3,(H,20,22)(H,21,23)/t17-/m0/s1. The maximum Gasteiger partial charge on any atom is 0.226 e. The minimum Gasteiger partial charge on any atom is -0.349 e. The highest BCUT2D eigenvalue weighted by molar-refractivity contribution is 6.31. The lowest BCUT2D eigenvalue weighted by Crippen LogP contribution is -2.29. The second kappa shape index (κ2) is 7.79. The summed E-state index contributed by atoms with van der Waals surface area (Å²) in [5, 5.41) is 6.22. The molecular formula is C18H19ClN2O2. The molecule has 1 atom stereocenters. The van der Waals surface area contributed by atoms with Gasteiger partial charge >= 0.3 is 0 Å². The second-order valence-electron chi connectivity index (χ2n) is 5.38. The van der Waals surface area contributed by atoms with E-state index in [0.717, 1.165) is 11.1 Å². The molecule has 0 saturated heterocycles. The Morgan fingerprint density at radius 2 is 1.83 bits per heavy atom. The van der Waals surface area contributed by atoms with Gasteiger partial charge in [-0.2, -0.15) is 0 Å². The molecule has 0 unspecified atom stereocenters. The molecule has 2 aromatic rings. The zero-order valence-electron chi connectivity index (χ0n) is 13.1. The summed E-state index contributed by atoms with van der Waals surface area (Å²) in [7, 11) is 0. The van der Waals surface area contributed by atoms with Crippen LogP contribution in [0.4, 0.5) is 5.69 Å². The van der Waals surface area contributed by atoms with E-state index in [-0.39, 0.29) is 24.3 Å². The summed E-state index contributed by atoms with van der Waals surface area (Å²) in [5.41, 5.74) is 2.48. The Kier molecular flexibility index (Phi) is 5.77. The van der Waals surface area contributed by atoms with E-state index in [0.29, 0.717) is 10.7 Å². The van der Waals surface area contributed by atoms with Gasteiger partial charge in [0.1, 0.15) is 0 Å². The fourth-order valence-electron chi connectivity index (χ4n) is 2.25. The first-order chi connectivity index (χ1) is 11.0. The molecule has 5 heteroatoms. The molecule has 120 valence electrons. The van der Waals surface area contributed by atoms with Crippen LogP contribution in [0.2, 0.25) is 5.02 Å². The molecule has 0 radical (unpaired) electrons. The largest absolute Gasteiger partial charge is 0.349 e. The monoisotopic (exact) mass is 330 g/mol. The highest BCUT2D eigenvalue weighted by Gasteiger charge is 2.17. The van der Waals surface area contributed by atoms with Gasteiger partial charge in [0.25, 0.3) is 0 Å². The van der Waals surface area contributed by atoms with Crippen LogP contribution in [0.1, 0.15) is 30.5 Å². The zero-order valence-corrected chi connectivity index (χ0v) is 13.9. The number of carbonyl (C=O) groups excluding carboxylic acids is 2. The van der Waals surface area contributed by atoms with Gasteiger partial charge in [-0.1, -0.05) is 48.0 Å². The SMILES string of the molecule is CC(=O)N[C@@H](CC(=O)Nc1ccc(C)c(Cl)c1)c1ccccc1. The highest BCUT2D eigenvalue weighted by Crippen LogP contribution is 2.21. The van der Waals surface area contributed by atoms with Crippen LogP contribution in [-0.4, -0.2) is 11.8 Å². The lowest BCUT2D eigenvalue weighted by Gasteiger charge is -2.18. The number of halogens is 1. The van der Waals surface area contributed by atoms with Gasteiger partial charge in [0.05, 0.1) is 12.5 Å². The molecule has 4 nitrogen and oxygen atoms in total. The van der Waals surface area contributed by atoms with E-state index in [1.54, 1.807) is 12.1 Å². The van der Waals surface area contributed by atoms with Crippen LogP contribution in [0, 0.1) is 6.92 Å². The molecule has 0 heterocycles. The van der Waals surface area contributed by atoms with E-state index in [4.69, 9.17) is 11.6 Å². The molecule has 0 spiro atoms. The molecule has 0 fully saturated rings. The first-order valence-corrected chi connectivity index (χ1v) is 7.71. The van der Waals surface area contributed by atoms with Gasteiger partial charge in [-0.15, -0.1) is 0 Å². The second-order valence-corrected chi connectivity index (χ2v) is 5.79. The molecule has 0 aliphatic carbocycles. The van der Waals surface area contributed by atoms with Gasteiger partial charge in [0.2, 0.25) is 11.8 Å². The summed E-state index contributed by atoms with van der Waals surface area (Å²) >= 11 is 6.06. The normalized spacial score (nSPS) is 11.6. The van der Waals surface area contributed by atoms with Crippen molar-refractivity contribution >= 4 is 29.1 Å². The van der Waals surface area contributed by atoms with Crippen LogP contribution in [-0.2, 0) is 9.59 Å². The molecule has 2 rings (SSSR count). The quantitative estimate of drug-likeness (QED) is 0.874. The van der Waals surface area contributed by atoms with Gasteiger partial charge in [-0.05, 0) is 30.2 Å². The van der Waals surface area contributed by atoms with Gasteiger partial charge in [0, 0.05) is 17.6 Å². The zero-order chi connectivity index (χ0) is 16.8. The minimum atomic E-state index is -0.366. The highest BCUT2D eigenvalue weighted by atomic mass is 35.5. The number of nitrogens with one attached hydrogen (secondary N) is 2. The fourth-order valence-corrected chi connectivity index (χ4v) is 2.43. The summed E-state index contributed by atoms with van der Waals surface area (Å²) in [6.07, 6.45) is 0.148. The molecule has 0 bridgehead atoms. The third kappa shape index (κ3) is 5.11. The lowest BCUT2D eigenvalue weighted by molar-refractivity contribution is -0.120. The van der Waals surface area contributed by atoms with Crippen molar-refractivity contribution in [2.45, 2.75) is 26.3 Å². The third-order valence-electron chi connectivity index (χ3n) is 3.42. The summed E-state index contributed by atoms with van der Waals surface area (Å²) in [5.74, 6) is -0.363. The van der Waals surface area contributed by atoms with Crippen LogP contribution in [0.5, 0.6) is 0 Å². The van der Waals surface area contributed by atoms with Gasteiger partial charge < -0.3 is 10.6 Å². The summed E-state index contributed by atoms with van der Waals surface area (Å²) in [6.45, 7) is 3.34. The van der Waals surface area contributed by atoms with Gasteiger partial charge in [-0.25, -0.2) is 0 Å². The van der Waals surface area contributed by atoms with E-state index in [1.165, 1.54) is 6.92 Å². The van der Waals surface area contributed by atoms with E-state index in [2.05, 4.69) is 10.6 Å². The predicted molar refractivity (Wildman–Crippen MR) is 92.4 cm³/mol. The van der Waals surface area contributed by atoms with Crippen molar-refractivity contribution in [3.8, 4) is 0 Å². The predicted octanol–water partition coefficient (Wildman–Crippen LogP) is 3.85. The Morgan fingerprint density at radius 1 is 1.13 bits per heavy atom. The van der Waals surface area contributed by atoms with Crippen molar-refractivity contribution in [1.82, 2.24) is 5.32 Å². The summed E-state index contributed by atoms with van der Waals surface area (Å²) in [4.78, 5) is 23.7. The van der Waals surface area contributed by atoms with Crippen molar-refractivity contribution in [2.75, 3.05) is 5.32 Å². The number of rotatable bonds is 5. The number of benzene rings is 2. The van der Waals surface area contributed by atoms with Crippen LogP contribution in [0.3, 0.4) is 0 Å². The van der Waals surface area contributed by atoms with E-state index < -0.39 is 0 Å². The molecule has 0 aliphatic rings. The summed E-state index contributed by atoms with van der Waals surface area (Å²) in [6, 6.07) is 14.4. The number of amides is 2. The molecular weight excluding hydrogens is 312 g/mol. The maximum atomic E-state index is 12.3. The Labute approximate surface area is 140 Å². The number of carbonyl (C=O) groups is 2. The first kappa shape index (κ1) is 17.0. The number of aryl methyl sites for hydroxylation is 1. The van der Waals surface area contributed by atoms with Crippen LogP contribution in [0.15, 0.2) is 48.5 Å². The first-order valence-electron chi connectivity index (χ1n) is 7.34. The fraction of sp³-hybridized carbons (Fsp3) is 0.222. The number of hydrogen-bond acceptors (Lipinski definition) is 2. The van der Waals surface area contributed by atoms with Crippen molar-refractivity contribution < 1.29 is 9.59 Å². The minimum absolute atomic E-state index is 0.148. The molecule has 2 N–H and O–H groups in total. The Hall–Kier alpha value is -2.33.